The molecule has 0 aliphatic rings. The number of alkyl halides is 3. The quantitative estimate of drug-likeness (QED) is 0.331. The smallest absolute Gasteiger partial charge is 0.417 e. The van der Waals surface area contributed by atoms with Gasteiger partial charge in [-0.25, -0.2) is 4.98 Å². The van der Waals surface area contributed by atoms with E-state index in [1.54, 1.807) is 31.4 Å². The van der Waals surface area contributed by atoms with Crippen LogP contribution >= 0.6 is 11.6 Å². The molecule has 0 fully saturated rings. The number of hydrogen-bond donors (Lipinski definition) is 0. The molecule has 0 aliphatic heterocycles. The summed E-state index contributed by atoms with van der Waals surface area (Å²) in [5.74, 6) is 0.977. The van der Waals surface area contributed by atoms with Crippen LogP contribution in [-0.4, -0.2) is 18.3 Å². The molecule has 2 aromatic carbocycles. The first-order valence-electron chi connectivity index (χ1n) is 8.64. The lowest BCUT2D eigenvalue weighted by Crippen LogP contribution is -2.05. The summed E-state index contributed by atoms with van der Waals surface area (Å²) in [7, 11) is 1.59. The number of rotatable bonds is 7. The van der Waals surface area contributed by atoms with Gasteiger partial charge in [-0.15, -0.1) is 0 Å². The molecule has 5 nitrogen and oxygen atoms in total. The van der Waals surface area contributed by atoms with Gasteiger partial charge in [-0.3, -0.25) is 0 Å². The average molecular weight is 437 g/mol. The number of pyridine rings is 1. The van der Waals surface area contributed by atoms with Crippen LogP contribution in [0.25, 0.3) is 0 Å². The topological polar surface area (TPSA) is 52.9 Å². The minimum absolute atomic E-state index is 0.118. The van der Waals surface area contributed by atoms with Gasteiger partial charge in [-0.05, 0) is 53.6 Å². The van der Waals surface area contributed by atoms with Gasteiger partial charge in [-0.1, -0.05) is 28.9 Å². The van der Waals surface area contributed by atoms with Crippen molar-refractivity contribution in [2.75, 3.05) is 7.11 Å². The van der Waals surface area contributed by atoms with Crippen molar-refractivity contribution in [1.29, 1.82) is 0 Å². The molecule has 156 valence electrons. The van der Waals surface area contributed by atoms with E-state index in [0.29, 0.717) is 11.9 Å². The highest BCUT2D eigenvalue weighted by atomic mass is 35.5. The van der Waals surface area contributed by atoms with Crippen LogP contribution in [0.3, 0.4) is 0 Å². The van der Waals surface area contributed by atoms with Gasteiger partial charge in [-0.2, -0.15) is 13.2 Å². The second-order valence-corrected chi connectivity index (χ2v) is 6.45. The van der Waals surface area contributed by atoms with Crippen molar-refractivity contribution >= 4 is 17.8 Å². The Bertz CT molecular complexity index is 1020. The second-order valence-electron chi connectivity index (χ2n) is 6.04. The van der Waals surface area contributed by atoms with E-state index in [-0.39, 0.29) is 17.5 Å². The molecule has 30 heavy (non-hydrogen) atoms. The van der Waals surface area contributed by atoms with Gasteiger partial charge < -0.3 is 14.3 Å². The number of methoxy groups -OCH3 is 1. The Morgan fingerprint density at radius 3 is 2.50 bits per heavy atom. The van der Waals surface area contributed by atoms with E-state index in [1.165, 1.54) is 6.21 Å². The second kappa shape index (κ2) is 9.49. The Balaban J connectivity index is 1.56. The molecule has 0 atom stereocenters. The van der Waals surface area contributed by atoms with Crippen molar-refractivity contribution < 1.29 is 27.5 Å². The fourth-order valence-electron chi connectivity index (χ4n) is 2.36. The Morgan fingerprint density at radius 1 is 1.07 bits per heavy atom. The highest BCUT2D eigenvalue weighted by molar-refractivity contribution is 6.31. The molecule has 0 saturated carbocycles. The monoisotopic (exact) mass is 436 g/mol. The molecule has 1 aromatic heterocycles. The molecule has 0 amide bonds. The first kappa shape index (κ1) is 21.4. The highest BCUT2D eigenvalue weighted by Crippen LogP contribution is 2.34. The largest absolute Gasteiger partial charge is 0.497 e. The number of halogens is 4. The third-order valence-electron chi connectivity index (χ3n) is 3.87. The zero-order valence-corrected chi connectivity index (χ0v) is 16.4. The van der Waals surface area contributed by atoms with E-state index in [1.807, 2.05) is 24.3 Å². The summed E-state index contributed by atoms with van der Waals surface area (Å²) in [6.07, 6.45) is -2.33. The van der Waals surface area contributed by atoms with Crippen LogP contribution in [0.4, 0.5) is 13.2 Å². The van der Waals surface area contributed by atoms with Crippen LogP contribution in [0.5, 0.6) is 17.4 Å². The Morgan fingerprint density at radius 2 is 1.83 bits per heavy atom. The van der Waals surface area contributed by atoms with Crippen molar-refractivity contribution in [3.63, 3.8) is 0 Å². The van der Waals surface area contributed by atoms with Gasteiger partial charge in [0.2, 0.25) is 5.88 Å². The SMILES string of the molecule is COc1cccc(CO/N=C/c2ccc(Oc3ncc(C(F)(F)F)cc3Cl)cc2)c1. The van der Waals surface area contributed by atoms with Gasteiger partial charge in [0.15, 0.2) is 0 Å². The highest BCUT2D eigenvalue weighted by Gasteiger charge is 2.31. The average Bonchev–Trinajstić information content (AvgIpc) is 2.73. The number of oxime groups is 1. The number of benzene rings is 2. The number of nitrogens with zero attached hydrogens (tertiary/aromatic N) is 2. The molecule has 0 N–H and O–H groups in total. The predicted molar refractivity (Wildman–Crippen MR) is 106 cm³/mol. The van der Waals surface area contributed by atoms with Gasteiger partial charge >= 0.3 is 6.18 Å². The fraction of sp³-hybridized carbons (Fsp3) is 0.143. The van der Waals surface area contributed by atoms with Crippen LogP contribution in [0.2, 0.25) is 5.02 Å². The zero-order valence-electron chi connectivity index (χ0n) is 15.7. The van der Waals surface area contributed by atoms with Crippen molar-refractivity contribution in [3.05, 3.63) is 82.5 Å². The maximum absolute atomic E-state index is 12.7. The van der Waals surface area contributed by atoms with Gasteiger partial charge in [0, 0.05) is 6.20 Å². The van der Waals surface area contributed by atoms with Gasteiger partial charge in [0.05, 0.1) is 18.9 Å². The van der Waals surface area contributed by atoms with E-state index in [2.05, 4.69) is 10.1 Å². The lowest BCUT2D eigenvalue weighted by atomic mass is 10.2. The summed E-state index contributed by atoms with van der Waals surface area (Å²) in [6.45, 7) is 0.285. The van der Waals surface area contributed by atoms with E-state index in [0.717, 1.165) is 22.9 Å². The summed E-state index contributed by atoms with van der Waals surface area (Å²) in [4.78, 5) is 8.90. The molecule has 0 unspecified atom stereocenters. The molecular weight excluding hydrogens is 421 g/mol. The van der Waals surface area contributed by atoms with Crippen molar-refractivity contribution in [3.8, 4) is 17.4 Å². The van der Waals surface area contributed by atoms with Gasteiger partial charge in [0.1, 0.15) is 23.1 Å². The van der Waals surface area contributed by atoms with E-state index >= 15 is 0 Å². The van der Waals surface area contributed by atoms with Crippen molar-refractivity contribution in [2.45, 2.75) is 12.8 Å². The van der Waals surface area contributed by atoms with Crippen LogP contribution < -0.4 is 9.47 Å². The first-order valence-corrected chi connectivity index (χ1v) is 9.02. The van der Waals surface area contributed by atoms with Crippen LogP contribution in [0.15, 0.2) is 65.9 Å². The molecule has 1 heterocycles. The third kappa shape index (κ3) is 5.87. The minimum atomic E-state index is -4.52. The Labute approximate surface area is 175 Å². The summed E-state index contributed by atoms with van der Waals surface area (Å²) in [5.41, 5.74) is 0.705. The Kier molecular flexibility index (Phi) is 6.79. The van der Waals surface area contributed by atoms with E-state index in [9.17, 15) is 13.2 Å². The van der Waals surface area contributed by atoms with E-state index in [4.69, 9.17) is 25.9 Å². The third-order valence-corrected chi connectivity index (χ3v) is 4.14. The number of ether oxygens (including phenoxy) is 2. The molecular formula is C21H16ClF3N2O3. The lowest BCUT2D eigenvalue weighted by Gasteiger charge is -2.10. The first-order chi connectivity index (χ1) is 14.3. The summed E-state index contributed by atoms with van der Waals surface area (Å²) >= 11 is 5.84. The molecule has 3 aromatic rings. The molecule has 0 saturated heterocycles. The van der Waals surface area contributed by atoms with Crippen molar-refractivity contribution in [2.24, 2.45) is 5.16 Å². The summed E-state index contributed by atoms with van der Waals surface area (Å²) in [6, 6.07) is 14.8. The van der Waals surface area contributed by atoms with Crippen LogP contribution in [-0.2, 0) is 17.6 Å². The zero-order chi connectivity index (χ0) is 21.6. The van der Waals surface area contributed by atoms with E-state index < -0.39 is 11.7 Å². The normalized spacial score (nSPS) is 11.5. The Hall–Kier alpha value is -3.26. The van der Waals surface area contributed by atoms with Crippen LogP contribution in [0.1, 0.15) is 16.7 Å². The van der Waals surface area contributed by atoms with Crippen LogP contribution in [0, 0.1) is 0 Å². The molecule has 3 rings (SSSR count). The standard InChI is InChI=1S/C21H16ClF3N2O3/c1-28-18-4-2-3-15(9-18)13-29-27-11-14-5-7-17(8-6-14)30-20-19(22)10-16(12-26-20)21(23,24)25/h2-12H,13H2,1H3/b27-11+. The predicted octanol–water partition coefficient (Wildman–Crippen LogP) is 6.11. The maximum Gasteiger partial charge on any atom is 0.417 e. The number of hydrogen-bond acceptors (Lipinski definition) is 5. The number of aromatic nitrogens is 1. The maximum atomic E-state index is 12.7. The van der Waals surface area contributed by atoms with Crippen molar-refractivity contribution in [1.82, 2.24) is 4.98 Å². The molecule has 0 spiro atoms. The summed E-state index contributed by atoms with van der Waals surface area (Å²) in [5, 5.41) is 3.67. The minimum Gasteiger partial charge on any atom is -0.497 e. The van der Waals surface area contributed by atoms with Gasteiger partial charge in [0.25, 0.3) is 0 Å². The fourth-order valence-corrected chi connectivity index (χ4v) is 2.57. The lowest BCUT2D eigenvalue weighted by molar-refractivity contribution is -0.137. The molecule has 0 radical (unpaired) electrons. The molecule has 0 aliphatic carbocycles. The molecule has 0 bridgehead atoms. The summed E-state index contributed by atoms with van der Waals surface area (Å²) < 4.78 is 48.6. The molecule has 9 heteroatoms.